The maximum absolute atomic E-state index is 9.46. The Morgan fingerprint density at radius 2 is 2.19 bits per heavy atom. The highest BCUT2D eigenvalue weighted by molar-refractivity contribution is 5.14. The van der Waals surface area contributed by atoms with Crippen LogP contribution in [0.1, 0.15) is 37.0 Å². The van der Waals surface area contributed by atoms with Gasteiger partial charge < -0.3 is 14.8 Å². The van der Waals surface area contributed by atoms with E-state index in [1.54, 1.807) is 6.26 Å². The highest BCUT2D eigenvalue weighted by Crippen LogP contribution is 2.36. The third-order valence-electron chi connectivity index (χ3n) is 3.75. The highest BCUT2D eigenvalue weighted by Gasteiger charge is 2.32. The molecule has 1 aliphatic rings. The Morgan fingerprint density at radius 3 is 2.75 bits per heavy atom. The van der Waals surface area contributed by atoms with Gasteiger partial charge in [-0.15, -0.1) is 0 Å². The van der Waals surface area contributed by atoms with Gasteiger partial charge in [-0.1, -0.05) is 12.8 Å². The first-order valence-corrected chi connectivity index (χ1v) is 6.10. The van der Waals surface area contributed by atoms with Crippen LogP contribution in [0.5, 0.6) is 0 Å². The minimum atomic E-state index is 0.125. The molecule has 0 unspecified atom stereocenters. The van der Waals surface area contributed by atoms with Crippen molar-refractivity contribution in [2.24, 2.45) is 5.41 Å². The zero-order chi connectivity index (χ0) is 11.4. The van der Waals surface area contributed by atoms with Crippen LogP contribution in [-0.4, -0.2) is 18.3 Å². The van der Waals surface area contributed by atoms with E-state index in [2.05, 4.69) is 12.2 Å². The first kappa shape index (κ1) is 11.7. The van der Waals surface area contributed by atoms with E-state index in [4.69, 9.17) is 4.42 Å². The number of hydrogen-bond donors (Lipinski definition) is 2. The van der Waals surface area contributed by atoms with Gasteiger partial charge in [-0.05, 0) is 31.4 Å². The third-order valence-corrected chi connectivity index (χ3v) is 3.75. The molecule has 90 valence electrons. The van der Waals surface area contributed by atoms with Crippen LogP contribution in [-0.2, 0) is 6.54 Å². The standard InChI is InChI=1S/C13H21NO2/c1-11-4-7-16-12(11)8-14-9-13(10-15)5-2-3-6-13/h4,7,14-15H,2-3,5-6,8-10H2,1H3. The van der Waals surface area contributed by atoms with Crippen LogP contribution >= 0.6 is 0 Å². The van der Waals surface area contributed by atoms with Crippen LogP contribution in [0.3, 0.4) is 0 Å². The Kier molecular flexibility index (Phi) is 3.66. The lowest BCUT2D eigenvalue weighted by molar-refractivity contribution is 0.127. The van der Waals surface area contributed by atoms with Crippen molar-refractivity contribution < 1.29 is 9.52 Å². The van der Waals surface area contributed by atoms with E-state index in [0.29, 0.717) is 6.61 Å². The molecule has 2 rings (SSSR count). The van der Waals surface area contributed by atoms with E-state index in [0.717, 1.165) is 31.7 Å². The second kappa shape index (κ2) is 5.02. The van der Waals surface area contributed by atoms with Crippen LogP contribution in [0.25, 0.3) is 0 Å². The molecule has 0 bridgehead atoms. The Bertz CT molecular complexity index is 326. The molecule has 0 amide bonds. The van der Waals surface area contributed by atoms with Gasteiger partial charge in [-0.25, -0.2) is 0 Å². The number of aryl methyl sites for hydroxylation is 1. The second-order valence-corrected chi connectivity index (χ2v) is 5.00. The van der Waals surface area contributed by atoms with Crippen LogP contribution < -0.4 is 5.32 Å². The van der Waals surface area contributed by atoms with Gasteiger partial charge in [0.25, 0.3) is 0 Å². The molecule has 1 aliphatic carbocycles. The summed E-state index contributed by atoms with van der Waals surface area (Å²) in [4.78, 5) is 0. The molecule has 0 aliphatic heterocycles. The number of aliphatic hydroxyl groups is 1. The predicted molar refractivity (Wildman–Crippen MR) is 63.1 cm³/mol. The molecule has 0 radical (unpaired) electrons. The quantitative estimate of drug-likeness (QED) is 0.804. The molecule has 1 saturated carbocycles. The van der Waals surface area contributed by atoms with E-state index in [1.165, 1.54) is 18.4 Å². The second-order valence-electron chi connectivity index (χ2n) is 5.00. The molecule has 2 N–H and O–H groups in total. The molecule has 1 heterocycles. The van der Waals surface area contributed by atoms with Gasteiger partial charge in [0.15, 0.2) is 0 Å². The van der Waals surface area contributed by atoms with Crippen molar-refractivity contribution in [3.05, 3.63) is 23.7 Å². The summed E-state index contributed by atoms with van der Waals surface area (Å²) in [5, 5.41) is 12.9. The number of furan rings is 1. The summed E-state index contributed by atoms with van der Waals surface area (Å²) in [7, 11) is 0. The van der Waals surface area contributed by atoms with Crippen LogP contribution in [0.15, 0.2) is 16.7 Å². The SMILES string of the molecule is Cc1ccoc1CNCC1(CO)CCCC1. The summed E-state index contributed by atoms with van der Waals surface area (Å²) in [6, 6.07) is 1.98. The fourth-order valence-corrected chi connectivity index (χ4v) is 2.54. The molecular formula is C13H21NO2. The number of hydrogen-bond acceptors (Lipinski definition) is 3. The summed E-state index contributed by atoms with van der Waals surface area (Å²) < 4.78 is 5.37. The topological polar surface area (TPSA) is 45.4 Å². The van der Waals surface area contributed by atoms with Crippen LogP contribution in [0, 0.1) is 12.3 Å². The Labute approximate surface area is 96.8 Å². The van der Waals surface area contributed by atoms with E-state index < -0.39 is 0 Å². The lowest BCUT2D eigenvalue weighted by Crippen LogP contribution is -2.34. The Morgan fingerprint density at radius 1 is 1.44 bits per heavy atom. The summed E-state index contributed by atoms with van der Waals surface area (Å²) in [6.45, 7) is 4.01. The first-order chi connectivity index (χ1) is 7.76. The molecule has 1 fully saturated rings. The summed E-state index contributed by atoms with van der Waals surface area (Å²) in [5.74, 6) is 1.01. The molecule has 0 aromatic carbocycles. The first-order valence-electron chi connectivity index (χ1n) is 6.10. The fourth-order valence-electron chi connectivity index (χ4n) is 2.54. The molecule has 1 aromatic heterocycles. The molecule has 0 saturated heterocycles. The average molecular weight is 223 g/mol. The fraction of sp³-hybridized carbons (Fsp3) is 0.692. The summed E-state index contributed by atoms with van der Waals surface area (Å²) in [5.41, 5.74) is 1.32. The molecule has 0 atom stereocenters. The van der Waals surface area contributed by atoms with Gasteiger partial charge in [-0.2, -0.15) is 0 Å². The molecular weight excluding hydrogens is 202 g/mol. The monoisotopic (exact) mass is 223 g/mol. The minimum Gasteiger partial charge on any atom is -0.468 e. The lowest BCUT2D eigenvalue weighted by atomic mass is 9.87. The van der Waals surface area contributed by atoms with Gasteiger partial charge in [0.2, 0.25) is 0 Å². The third kappa shape index (κ3) is 2.47. The number of rotatable bonds is 5. The van der Waals surface area contributed by atoms with Gasteiger partial charge in [0, 0.05) is 18.6 Å². The number of nitrogens with one attached hydrogen (secondary N) is 1. The average Bonchev–Trinajstić information content (AvgIpc) is 2.90. The van der Waals surface area contributed by atoms with Gasteiger partial charge >= 0.3 is 0 Å². The Hall–Kier alpha value is -0.800. The molecule has 3 nitrogen and oxygen atoms in total. The number of aliphatic hydroxyl groups excluding tert-OH is 1. The maximum atomic E-state index is 9.46. The smallest absolute Gasteiger partial charge is 0.120 e. The molecule has 1 aromatic rings. The van der Waals surface area contributed by atoms with Crippen LogP contribution in [0.2, 0.25) is 0 Å². The van der Waals surface area contributed by atoms with E-state index in [-0.39, 0.29) is 5.41 Å². The maximum Gasteiger partial charge on any atom is 0.120 e. The summed E-state index contributed by atoms with van der Waals surface area (Å²) in [6.07, 6.45) is 6.52. The molecule has 3 heteroatoms. The van der Waals surface area contributed by atoms with Gasteiger partial charge in [0.05, 0.1) is 12.8 Å². The van der Waals surface area contributed by atoms with Gasteiger partial charge in [-0.3, -0.25) is 0 Å². The highest BCUT2D eigenvalue weighted by atomic mass is 16.3. The van der Waals surface area contributed by atoms with Crippen molar-refractivity contribution in [3.63, 3.8) is 0 Å². The predicted octanol–water partition coefficient (Wildman–Crippen LogP) is 2.23. The van der Waals surface area contributed by atoms with Crippen LogP contribution in [0.4, 0.5) is 0 Å². The van der Waals surface area contributed by atoms with Crippen molar-refractivity contribution in [1.82, 2.24) is 5.32 Å². The largest absolute Gasteiger partial charge is 0.468 e. The summed E-state index contributed by atoms with van der Waals surface area (Å²) >= 11 is 0. The Balaban J connectivity index is 1.81. The van der Waals surface area contributed by atoms with E-state index >= 15 is 0 Å². The van der Waals surface area contributed by atoms with Crippen molar-refractivity contribution in [2.75, 3.05) is 13.2 Å². The molecule has 0 spiro atoms. The minimum absolute atomic E-state index is 0.125. The lowest BCUT2D eigenvalue weighted by Gasteiger charge is -2.26. The van der Waals surface area contributed by atoms with E-state index in [1.807, 2.05) is 6.07 Å². The van der Waals surface area contributed by atoms with Gasteiger partial charge in [0.1, 0.15) is 5.76 Å². The molecule has 16 heavy (non-hydrogen) atoms. The zero-order valence-electron chi connectivity index (χ0n) is 9.96. The van der Waals surface area contributed by atoms with Crippen molar-refractivity contribution in [2.45, 2.75) is 39.2 Å². The van der Waals surface area contributed by atoms with Crippen molar-refractivity contribution in [3.8, 4) is 0 Å². The van der Waals surface area contributed by atoms with Crippen molar-refractivity contribution >= 4 is 0 Å². The van der Waals surface area contributed by atoms with Crippen molar-refractivity contribution in [1.29, 1.82) is 0 Å². The normalized spacial score (nSPS) is 19.1. The zero-order valence-corrected chi connectivity index (χ0v) is 9.96. The van der Waals surface area contributed by atoms with E-state index in [9.17, 15) is 5.11 Å².